The lowest BCUT2D eigenvalue weighted by atomic mass is 10.0. The fourth-order valence-corrected chi connectivity index (χ4v) is 1.87. The molecule has 1 aliphatic rings. The Morgan fingerprint density at radius 2 is 2.05 bits per heavy atom. The zero-order valence-electron chi connectivity index (χ0n) is 10.3. The van der Waals surface area contributed by atoms with Crippen molar-refractivity contribution in [3.63, 3.8) is 0 Å². The van der Waals surface area contributed by atoms with Gasteiger partial charge in [0.25, 0.3) is 5.91 Å². The molecule has 0 spiro atoms. The largest absolute Gasteiger partial charge is 0.417 e. The van der Waals surface area contributed by atoms with Crippen LogP contribution in [0, 0.1) is 12.3 Å². The van der Waals surface area contributed by atoms with E-state index in [-0.39, 0.29) is 17.2 Å². The minimum Gasteiger partial charge on any atom is -0.339 e. The van der Waals surface area contributed by atoms with Gasteiger partial charge in [-0.25, -0.2) is 0 Å². The van der Waals surface area contributed by atoms with Gasteiger partial charge in [-0.3, -0.25) is 4.79 Å². The zero-order valence-corrected chi connectivity index (χ0v) is 10.3. The lowest BCUT2D eigenvalue weighted by Gasteiger charge is -2.19. The molecular formula is C14H12F3NO. The Morgan fingerprint density at radius 3 is 2.53 bits per heavy atom. The number of carbonyl (C=O) groups is 1. The number of hydrogen-bond acceptors (Lipinski definition) is 1. The number of halogens is 3. The summed E-state index contributed by atoms with van der Waals surface area (Å²) in [5.41, 5.74) is -1.21. The van der Waals surface area contributed by atoms with E-state index in [1.165, 1.54) is 18.0 Å². The van der Waals surface area contributed by atoms with Crippen LogP contribution >= 0.6 is 0 Å². The van der Waals surface area contributed by atoms with Crippen LogP contribution in [0.4, 0.5) is 13.2 Å². The van der Waals surface area contributed by atoms with E-state index in [1.54, 1.807) is 0 Å². The van der Waals surface area contributed by atoms with Crippen molar-refractivity contribution in [2.24, 2.45) is 0 Å². The van der Waals surface area contributed by atoms with Crippen molar-refractivity contribution in [2.75, 3.05) is 7.05 Å². The molecule has 1 amide bonds. The number of benzene rings is 1. The van der Waals surface area contributed by atoms with Crippen LogP contribution in [0.3, 0.4) is 0 Å². The number of terminal acetylenes is 1. The van der Waals surface area contributed by atoms with Crippen LogP contribution in [0.1, 0.15) is 34.3 Å². The molecular weight excluding hydrogens is 255 g/mol. The second-order valence-corrected chi connectivity index (χ2v) is 4.55. The molecule has 1 aromatic carbocycles. The summed E-state index contributed by atoms with van der Waals surface area (Å²) < 4.78 is 38.9. The van der Waals surface area contributed by atoms with Crippen molar-refractivity contribution >= 4 is 5.91 Å². The predicted octanol–water partition coefficient (Wildman–Crippen LogP) is 2.92. The van der Waals surface area contributed by atoms with Gasteiger partial charge in [0.05, 0.1) is 11.1 Å². The van der Waals surface area contributed by atoms with E-state index in [2.05, 4.69) is 5.92 Å². The average Bonchev–Trinajstić information content (AvgIpc) is 3.19. The van der Waals surface area contributed by atoms with Gasteiger partial charge in [-0.15, -0.1) is 6.42 Å². The molecule has 0 heterocycles. The molecule has 1 fully saturated rings. The number of alkyl halides is 3. The van der Waals surface area contributed by atoms with E-state index in [4.69, 9.17) is 6.42 Å². The van der Waals surface area contributed by atoms with E-state index < -0.39 is 17.6 Å². The Hall–Kier alpha value is -1.96. The minimum atomic E-state index is -4.59. The van der Waals surface area contributed by atoms with Gasteiger partial charge in [0, 0.05) is 18.7 Å². The molecule has 5 heteroatoms. The summed E-state index contributed by atoms with van der Waals surface area (Å²) in [6.45, 7) is 0. The standard InChI is InChI=1S/C14H12F3NO/c1-3-9-4-7-11(12(8-9)14(15,16)17)13(19)18(2)10-5-6-10/h1,4,7-8,10H,5-6H2,2H3. The molecule has 0 aromatic heterocycles. The molecule has 100 valence electrons. The fourth-order valence-electron chi connectivity index (χ4n) is 1.87. The predicted molar refractivity (Wildman–Crippen MR) is 64.5 cm³/mol. The first-order valence-corrected chi connectivity index (χ1v) is 5.79. The maximum Gasteiger partial charge on any atom is 0.417 e. The van der Waals surface area contributed by atoms with Crippen LogP contribution in [0.15, 0.2) is 18.2 Å². The molecule has 2 rings (SSSR count). The third-order valence-corrected chi connectivity index (χ3v) is 3.14. The summed E-state index contributed by atoms with van der Waals surface area (Å²) >= 11 is 0. The Balaban J connectivity index is 2.44. The molecule has 0 radical (unpaired) electrons. The van der Waals surface area contributed by atoms with E-state index in [1.807, 2.05) is 0 Å². The molecule has 1 saturated carbocycles. The Kier molecular flexibility index (Phi) is 3.27. The molecule has 1 aliphatic carbocycles. The Labute approximate surface area is 109 Å². The van der Waals surface area contributed by atoms with Crippen molar-refractivity contribution in [3.8, 4) is 12.3 Å². The van der Waals surface area contributed by atoms with Gasteiger partial charge in [-0.05, 0) is 31.0 Å². The number of carbonyl (C=O) groups excluding carboxylic acids is 1. The molecule has 0 aliphatic heterocycles. The second-order valence-electron chi connectivity index (χ2n) is 4.55. The topological polar surface area (TPSA) is 20.3 Å². The highest BCUT2D eigenvalue weighted by molar-refractivity contribution is 5.96. The van der Waals surface area contributed by atoms with E-state index in [0.29, 0.717) is 0 Å². The first-order chi connectivity index (χ1) is 8.84. The molecule has 0 N–H and O–H groups in total. The highest BCUT2D eigenvalue weighted by atomic mass is 19.4. The zero-order chi connectivity index (χ0) is 14.2. The van der Waals surface area contributed by atoms with E-state index in [9.17, 15) is 18.0 Å². The number of hydrogen-bond donors (Lipinski definition) is 0. The van der Waals surface area contributed by atoms with Gasteiger partial charge in [0.15, 0.2) is 0 Å². The number of amides is 1. The van der Waals surface area contributed by atoms with Crippen molar-refractivity contribution in [2.45, 2.75) is 25.1 Å². The van der Waals surface area contributed by atoms with Gasteiger partial charge in [-0.2, -0.15) is 13.2 Å². The molecule has 1 aromatic rings. The highest BCUT2D eigenvalue weighted by Gasteiger charge is 2.38. The third-order valence-electron chi connectivity index (χ3n) is 3.14. The van der Waals surface area contributed by atoms with Crippen molar-refractivity contribution < 1.29 is 18.0 Å². The monoisotopic (exact) mass is 267 g/mol. The van der Waals surface area contributed by atoms with E-state index in [0.717, 1.165) is 25.0 Å². The lowest BCUT2D eigenvalue weighted by molar-refractivity contribution is -0.138. The first-order valence-electron chi connectivity index (χ1n) is 5.79. The molecule has 0 unspecified atom stereocenters. The van der Waals surface area contributed by atoms with Crippen LogP contribution < -0.4 is 0 Å². The maximum atomic E-state index is 13.0. The van der Waals surface area contributed by atoms with Crippen molar-refractivity contribution in [1.82, 2.24) is 4.90 Å². The summed E-state index contributed by atoms with van der Waals surface area (Å²) in [4.78, 5) is 13.4. The fraction of sp³-hybridized carbons (Fsp3) is 0.357. The van der Waals surface area contributed by atoms with Gasteiger partial charge < -0.3 is 4.90 Å². The number of nitrogens with zero attached hydrogens (tertiary/aromatic N) is 1. The lowest BCUT2D eigenvalue weighted by Crippen LogP contribution is -2.30. The summed E-state index contributed by atoms with van der Waals surface area (Å²) in [7, 11) is 1.52. The SMILES string of the molecule is C#Cc1ccc(C(=O)N(C)C2CC2)c(C(F)(F)F)c1. The summed E-state index contributed by atoms with van der Waals surface area (Å²) in [5.74, 6) is 1.53. The van der Waals surface area contributed by atoms with Crippen LogP contribution in [-0.2, 0) is 6.18 Å². The minimum absolute atomic E-state index is 0.0564. The van der Waals surface area contributed by atoms with Crippen LogP contribution in [0.5, 0.6) is 0 Å². The molecule has 0 atom stereocenters. The molecule has 2 nitrogen and oxygen atoms in total. The summed E-state index contributed by atoms with van der Waals surface area (Å²) in [6.07, 6.45) is 2.18. The number of rotatable bonds is 2. The average molecular weight is 267 g/mol. The van der Waals surface area contributed by atoms with Crippen molar-refractivity contribution in [1.29, 1.82) is 0 Å². The van der Waals surface area contributed by atoms with Gasteiger partial charge in [0.1, 0.15) is 0 Å². The van der Waals surface area contributed by atoms with Crippen LogP contribution in [0.25, 0.3) is 0 Å². The summed E-state index contributed by atoms with van der Waals surface area (Å²) in [6, 6.07) is 3.40. The second kappa shape index (κ2) is 4.61. The molecule has 0 saturated heterocycles. The van der Waals surface area contributed by atoms with Crippen LogP contribution in [0.2, 0.25) is 0 Å². The highest BCUT2D eigenvalue weighted by Crippen LogP contribution is 2.34. The quantitative estimate of drug-likeness (QED) is 0.754. The molecule has 0 bridgehead atoms. The van der Waals surface area contributed by atoms with E-state index >= 15 is 0 Å². The Morgan fingerprint density at radius 1 is 1.42 bits per heavy atom. The van der Waals surface area contributed by atoms with Crippen LogP contribution in [-0.4, -0.2) is 23.9 Å². The smallest absolute Gasteiger partial charge is 0.339 e. The first kappa shape index (κ1) is 13.5. The van der Waals surface area contributed by atoms with Gasteiger partial charge in [0.2, 0.25) is 0 Å². The van der Waals surface area contributed by atoms with Gasteiger partial charge in [-0.1, -0.05) is 5.92 Å². The maximum absolute atomic E-state index is 13.0. The normalized spacial score (nSPS) is 14.9. The third kappa shape index (κ3) is 2.73. The summed E-state index contributed by atoms with van der Waals surface area (Å²) in [5, 5.41) is 0. The van der Waals surface area contributed by atoms with Gasteiger partial charge >= 0.3 is 6.18 Å². The Bertz CT molecular complexity index is 553. The molecule has 19 heavy (non-hydrogen) atoms. The van der Waals surface area contributed by atoms with Crippen molar-refractivity contribution in [3.05, 3.63) is 34.9 Å².